The van der Waals surface area contributed by atoms with Gasteiger partial charge in [0.15, 0.2) is 5.65 Å². The molecule has 0 spiro atoms. The number of anilines is 1. The van der Waals surface area contributed by atoms with Gasteiger partial charge < -0.3 is 24.3 Å². The summed E-state index contributed by atoms with van der Waals surface area (Å²) in [6, 6.07) is 13.7. The van der Waals surface area contributed by atoms with Crippen molar-refractivity contribution in [3.8, 4) is 17.3 Å². The number of hydrogen-bond donors (Lipinski definition) is 0. The lowest BCUT2D eigenvalue weighted by Crippen LogP contribution is -2.56. The molecule has 4 heterocycles. The first-order valence-corrected chi connectivity index (χ1v) is 15.0. The van der Waals surface area contributed by atoms with Crippen LogP contribution in [0.15, 0.2) is 55.1 Å². The Morgan fingerprint density at radius 2 is 1.93 bits per heavy atom. The van der Waals surface area contributed by atoms with Gasteiger partial charge in [0.1, 0.15) is 18.5 Å². The van der Waals surface area contributed by atoms with Crippen molar-refractivity contribution >= 4 is 56.7 Å². The number of carbonyl (C=O) groups is 1. The lowest BCUT2D eigenvalue weighted by molar-refractivity contribution is -0.128. The van der Waals surface area contributed by atoms with Gasteiger partial charge in [0, 0.05) is 41.6 Å². The number of pyridine rings is 1. The highest BCUT2D eigenvalue weighted by molar-refractivity contribution is 6.38. The summed E-state index contributed by atoms with van der Waals surface area (Å²) in [5, 5.41) is 3.55. The van der Waals surface area contributed by atoms with Crippen LogP contribution in [0.5, 0.6) is 6.01 Å². The maximum absolute atomic E-state index is 12.5. The number of piperazine rings is 1. The molecule has 4 aromatic rings. The molecule has 2 aliphatic heterocycles. The lowest BCUT2D eigenvalue weighted by atomic mass is 10.0. The normalized spacial score (nSPS) is 19.1. The van der Waals surface area contributed by atoms with Crippen LogP contribution < -0.4 is 9.64 Å². The highest BCUT2D eigenvalue weighted by Gasteiger charge is 2.33. The van der Waals surface area contributed by atoms with Crippen LogP contribution in [0.3, 0.4) is 0 Å². The Kier molecular flexibility index (Phi) is 8.35. The zero-order valence-electron chi connectivity index (χ0n) is 23.8. The van der Waals surface area contributed by atoms with Crippen molar-refractivity contribution in [3.63, 3.8) is 0 Å². The molecule has 0 aliphatic carbocycles. The van der Waals surface area contributed by atoms with Crippen molar-refractivity contribution in [2.24, 2.45) is 0 Å². The molecule has 1 amide bonds. The second kappa shape index (κ2) is 12.3. The number of hydrogen-bond acceptors (Lipinski definition) is 7. The average molecular weight is 617 g/mol. The summed E-state index contributed by atoms with van der Waals surface area (Å²) in [6.07, 6.45) is 3.47. The number of rotatable bonds is 7. The molecule has 2 atom stereocenters. The van der Waals surface area contributed by atoms with Crippen LogP contribution in [0, 0.1) is 6.57 Å². The number of halogens is 2. The summed E-state index contributed by atoms with van der Waals surface area (Å²) in [4.78, 5) is 36.8. The molecule has 2 saturated heterocycles. The van der Waals surface area contributed by atoms with Crippen molar-refractivity contribution in [2.45, 2.75) is 24.9 Å². The predicted octanol–water partition coefficient (Wildman–Crippen LogP) is 5.75. The molecular formula is C32H31Cl2N7O2. The molecule has 0 bridgehead atoms. The molecule has 2 aliphatic rings. The Hall–Kier alpha value is -3.97. The largest absolute Gasteiger partial charge is 0.462 e. The van der Waals surface area contributed by atoms with E-state index in [9.17, 15) is 4.79 Å². The fraction of sp³-hybridized carbons (Fsp3) is 0.344. The zero-order valence-corrected chi connectivity index (χ0v) is 25.4. The molecule has 0 radical (unpaired) electrons. The third-order valence-electron chi connectivity index (χ3n) is 8.33. The van der Waals surface area contributed by atoms with Gasteiger partial charge in [-0.15, -0.1) is 0 Å². The summed E-state index contributed by atoms with van der Waals surface area (Å²) in [7, 11) is 2.10. The van der Waals surface area contributed by atoms with E-state index in [1.165, 1.54) is 6.08 Å². The smallest absolute Gasteiger partial charge is 0.320 e. The quantitative estimate of drug-likeness (QED) is 0.193. The Morgan fingerprint density at radius 1 is 1.12 bits per heavy atom. The van der Waals surface area contributed by atoms with E-state index >= 15 is 0 Å². The molecule has 0 N–H and O–H groups in total. The highest BCUT2D eigenvalue weighted by atomic mass is 35.5. The summed E-state index contributed by atoms with van der Waals surface area (Å²) in [6.45, 7) is 14.1. The van der Waals surface area contributed by atoms with Crippen molar-refractivity contribution in [1.29, 1.82) is 0 Å². The van der Waals surface area contributed by atoms with Gasteiger partial charge in [-0.05, 0) is 50.0 Å². The molecule has 43 heavy (non-hydrogen) atoms. The summed E-state index contributed by atoms with van der Waals surface area (Å²) >= 11 is 13.6. The van der Waals surface area contributed by atoms with E-state index < -0.39 is 0 Å². The standard InChI is InChI=1S/C32H31Cl2N7O2/c1-4-27(42)41-15-14-40(18-22(41)17-35-2)31-24-16-26(34)29(23-11-5-8-20-9-6-12-25(33)28(20)23)36-30(24)37-32(38-31)43-19-21-10-7-13-39(21)3/h4-6,8-9,11-12,16,21-22H,1,7,10,13-15,17-19H2,3H3/t21-,22-/m0/s1. The van der Waals surface area contributed by atoms with Gasteiger partial charge in [-0.25, -0.2) is 11.6 Å². The molecule has 9 nitrogen and oxygen atoms in total. The third kappa shape index (κ3) is 5.70. The SMILES string of the molecule is [C-]#[N+]C[C@H]1CN(c2nc(OC[C@@H]3CCCN3C)nc3nc(-c4cccc5cccc(Cl)c45)c(Cl)cc23)CCN1C(=O)C=C. The number of aromatic nitrogens is 3. The Bertz CT molecular complexity index is 1750. The van der Waals surface area contributed by atoms with Gasteiger partial charge in [-0.2, -0.15) is 9.97 Å². The monoisotopic (exact) mass is 615 g/mol. The van der Waals surface area contributed by atoms with E-state index in [0.29, 0.717) is 58.8 Å². The van der Waals surface area contributed by atoms with Gasteiger partial charge in [0.2, 0.25) is 12.5 Å². The number of likely N-dealkylation sites (tertiary alicyclic amines) is 1. The molecule has 11 heteroatoms. The van der Waals surface area contributed by atoms with E-state index in [1.807, 2.05) is 42.5 Å². The topological polar surface area (TPSA) is 79.1 Å². The first kappa shape index (κ1) is 29.1. The van der Waals surface area contributed by atoms with E-state index in [2.05, 4.69) is 28.3 Å². The number of nitrogens with zero attached hydrogens (tertiary/aromatic N) is 7. The fourth-order valence-electron chi connectivity index (χ4n) is 6.06. The molecule has 2 aromatic heterocycles. The molecule has 2 aromatic carbocycles. The van der Waals surface area contributed by atoms with Crippen LogP contribution >= 0.6 is 23.2 Å². The minimum atomic E-state index is -0.321. The van der Waals surface area contributed by atoms with Gasteiger partial charge in [0.25, 0.3) is 0 Å². The second-order valence-electron chi connectivity index (χ2n) is 10.9. The van der Waals surface area contributed by atoms with E-state index in [4.69, 9.17) is 49.5 Å². The van der Waals surface area contributed by atoms with E-state index in [-0.39, 0.29) is 30.5 Å². The van der Waals surface area contributed by atoms with Gasteiger partial charge >= 0.3 is 6.01 Å². The van der Waals surface area contributed by atoms with Crippen LogP contribution in [0.4, 0.5) is 5.82 Å². The Labute approximate surface area is 260 Å². The van der Waals surface area contributed by atoms with Crippen LogP contribution in [0.2, 0.25) is 10.0 Å². The second-order valence-corrected chi connectivity index (χ2v) is 11.7. The zero-order chi connectivity index (χ0) is 30.1. The maximum atomic E-state index is 12.5. The number of carbonyl (C=O) groups excluding carboxylic acids is 1. The number of ether oxygens (including phenoxy) is 1. The first-order chi connectivity index (χ1) is 20.9. The minimum absolute atomic E-state index is 0.168. The van der Waals surface area contributed by atoms with E-state index in [1.54, 1.807) is 4.90 Å². The molecule has 0 saturated carbocycles. The Balaban J connectivity index is 1.45. The van der Waals surface area contributed by atoms with Gasteiger partial charge in [-0.1, -0.05) is 60.1 Å². The highest BCUT2D eigenvalue weighted by Crippen LogP contribution is 2.39. The Morgan fingerprint density at radius 3 is 2.67 bits per heavy atom. The van der Waals surface area contributed by atoms with Crippen molar-refractivity contribution < 1.29 is 9.53 Å². The molecular weight excluding hydrogens is 585 g/mol. The molecule has 2 fully saturated rings. The van der Waals surface area contributed by atoms with Crippen LogP contribution in [-0.4, -0.2) is 89.1 Å². The van der Waals surface area contributed by atoms with Crippen molar-refractivity contribution in [1.82, 2.24) is 24.8 Å². The van der Waals surface area contributed by atoms with Crippen LogP contribution in [0.25, 0.3) is 37.9 Å². The van der Waals surface area contributed by atoms with Crippen molar-refractivity contribution in [2.75, 3.05) is 51.3 Å². The number of amides is 1. The number of fused-ring (bicyclic) bond motifs is 2. The average Bonchev–Trinajstić information content (AvgIpc) is 3.43. The number of benzene rings is 2. The van der Waals surface area contributed by atoms with Crippen molar-refractivity contribution in [3.05, 3.63) is 76.6 Å². The lowest BCUT2D eigenvalue weighted by Gasteiger charge is -2.39. The van der Waals surface area contributed by atoms with Crippen LogP contribution in [-0.2, 0) is 4.79 Å². The summed E-state index contributed by atoms with van der Waals surface area (Å²) in [5.74, 6) is 0.422. The summed E-state index contributed by atoms with van der Waals surface area (Å²) in [5.41, 5.74) is 1.81. The molecule has 220 valence electrons. The van der Waals surface area contributed by atoms with E-state index in [0.717, 1.165) is 35.7 Å². The summed E-state index contributed by atoms with van der Waals surface area (Å²) < 4.78 is 6.21. The van der Waals surface area contributed by atoms with Crippen LogP contribution in [0.1, 0.15) is 12.8 Å². The minimum Gasteiger partial charge on any atom is -0.462 e. The molecule has 0 unspecified atom stereocenters. The molecule has 6 rings (SSSR count). The first-order valence-electron chi connectivity index (χ1n) is 14.3. The maximum Gasteiger partial charge on any atom is 0.320 e. The van der Waals surface area contributed by atoms with Gasteiger partial charge in [0.05, 0.1) is 16.1 Å². The number of likely N-dealkylation sites (N-methyl/N-ethyl adjacent to an activating group) is 1. The predicted molar refractivity (Wildman–Crippen MR) is 171 cm³/mol. The fourth-order valence-corrected chi connectivity index (χ4v) is 6.60. The third-order valence-corrected chi connectivity index (χ3v) is 8.93. The van der Waals surface area contributed by atoms with Gasteiger partial charge in [-0.3, -0.25) is 4.79 Å².